The molecule has 0 saturated heterocycles. The molecule has 6 heteroatoms. The van der Waals surface area contributed by atoms with E-state index in [-0.39, 0.29) is 23.0 Å². The summed E-state index contributed by atoms with van der Waals surface area (Å²) in [7, 11) is 1.42. The summed E-state index contributed by atoms with van der Waals surface area (Å²) >= 11 is 0. The van der Waals surface area contributed by atoms with Gasteiger partial charge >= 0.3 is 0 Å². The molecule has 0 aliphatic rings. The van der Waals surface area contributed by atoms with E-state index in [0.717, 1.165) is 0 Å². The minimum atomic E-state index is -0.537. The fraction of sp³-hybridized carbons (Fsp3) is 0.0667. The topological polar surface area (TPSA) is 61.0 Å². The number of hydrogen-bond donors (Lipinski definition) is 1. The van der Waals surface area contributed by atoms with E-state index in [2.05, 4.69) is 9.97 Å². The third kappa shape index (κ3) is 2.24. The van der Waals surface area contributed by atoms with Crippen LogP contribution in [0.3, 0.4) is 0 Å². The molecule has 0 atom stereocenters. The zero-order valence-corrected chi connectivity index (χ0v) is 11.1. The number of fused-ring (bicyclic) bond motifs is 1. The fourth-order valence-electron chi connectivity index (χ4n) is 2.13. The Morgan fingerprint density at radius 3 is 2.67 bits per heavy atom. The normalized spacial score (nSPS) is 10.8. The van der Waals surface area contributed by atoms with Crippen LogP contribution in [0.25, 0.3) is 22.3 Å². The predicted molar refractivity (Wildman–Crippen MR) is 75.9 cm³/mol. The molecule has 0 radical (unpaired) electrons. The lowest BCUT2D eigenvalue weighted by molar-refractivity contribution is 0.413. The molecule has 2 N–H and O–H groups in total. The minimum absolute atomic E-state index is 0.0561. The Hall–Kier alpha value is -2.76. The van der Waals surface area contributed by atoms with Crippen LogP contribution >= 0.6 is 0 Å². The highest BCUT2D eigenvalue weighted by atomic mass is 19.1. The average molecular weight is 287 g/mol. The van der Waals surface area contributed by atoms with Gasteiger partial charge in [0.05, 0.1) is 18.2 Å². The third-order valence-electron chi connectivity index (χ3n) is 3.11. The van der Waals surface area contributed by atoms with Crippen molar-refractivity contribution in [3.63, 3.8) is 0 Å². The molecule has 2 aromatic carbocycles. The van der Waals surface area contributed by atoms with E-state index in [4.69, 9.17) is 10.5 Å². The first kappa shape index (κ1) is 13.2. The number of nitrogen functional groups attached to an aromatic ring is 1. The fourth-order valence-corrected chi connectivity index (χ4v) is 2.13. The second-order valence-electron chi connectivity index (χ2n) is 4.41. The molecule has 0 fully saturated rings. The molecular formula is C15H11F2N3O. The molecule has 4 nitrogen and oxygen atoms in total. The number of rotatable bonds is 2. The van der Waals surface area contributed by atoms with Crippen LogP contribution in [0.5, 0.6) is 5.75 Å². The maximum atomic E-state index is 14.1. The summed E-state index contributed by atoms with van der Waals surface area (Å²) in [6.07, 6.45) is 0. The number of halogens is 2. The Bertz CT molecular complexity index is 837. The van der Waals surface area contributed by atoms with Gasteiger partial charge in [0.1, 0.15) is 23.2 Å². The number of nitrogens with two attached hydrogens (primary N) is 1. The molecule has 1 heterocycles. The van der Waals surface area contributed by atoms with Crippen LogP contribution in [0.2, 0.25) is 0 Å². The maximum Gasteiger partial charge on any atom is 0.168 e. The number of methoxy groups -OCH3 is 1. The number of hydrogen-bond acceptors (Lipinski definition) is 4. The van der Waals surface area contributed by atoms with Crippen LogP contribution in [-0.4, -0.2) is 17.1 Å². The van der Waals surface area contributed by atoms with Crippen molar-refractivity contribution in [2.45, 2.75) is 0 Å². The van der Waals surface area contributed by atoms with Gasteiger partial charge in [0.15, 0.2) is 5.82 Å². The largest absolute Gasteiger partial charge is 0.496 e. The first-order valence-corrected chi connectivity index (χ1v) is 6.16. The molecule has 106 valence electrons. The van der Waals surface area contributed by atoms with Crippen LogP contribution in [-0.2, 0) is 0 Å². The number of benzene rings is 2. The van der Waals surface area contributed by atoms with Crippen LogP contribution in [0, 0.1) is 11.6 Å². The highest BCUT2D eigenvalue weighted by Crippen LogP contribution is 2.32. The van der Waals surface area contributed by atoms with Crippen LogP contribution in [0.1, 0.15) is 0 Å². The van der Waals surface area contributed by atoms with Gasteiger partial charge in [0.2, 0.25) is 0 Å². The summed E-state index contributed by atoms with van der Waals surface area (Å²) in [5.41, 5.74) is 6.25. The molecule has 21 heavy (non-hydrogen) atoms. The van der Waals surface area contributed by atoms with Crippen molar-refractivity contribution < 1.29 is 13.5 Å². The average Bonchev–Trinajstić information content (AvgIpc) is 2.46. The molecule has 0 unspecified atom stereocenters. The predicted octanol–water partition coefficient (Wildman–Crippen LogP) is 3.17. The third-order valence-corrected chi connectivity index (χ3v) is 3.11. The molecule has 1 aromatic heterocycles. The number of nitrogens with zero attached hydrogens (tertiary/aromatic N) is 2. The van der Waals surface area contributed by atoms with Gasteiger partial charge in [-0.15, -0.1) is 0 Å². The summed E-state index contributed by atoms with van der Waals surface area (Å²) in [5.74, 6) is -0.498. The monoisotopic (exact) mass is 287 g/mol. The van der Waals surface area contributed by atoms with E-state index in [1.807, 2.05) is 0 Å². The summed E-state index contributed by atoms with van der Waals surface area (Å²) in [6, 6.07) is 8.36. The van der Waals surface area contributed by atoms with Crippen molar-refractivity contribution in [1.29, 1.82) is 0 Å². The lowest BCUT2D eigenvalue weighted by Gasteiger charge is -2.10. The van der Waals surface area contributed by atoms with Crippen molar-refractivity contribution in [1.82, 2.24) is 9.97 Å². The molecule has 0 saturated carbocycles. The highest BCUT2D eigenvalue weighted by Gasteiger charge is 2.16. The van der Waals surface area contributed by atoms with Crippen LogP contribution < -0.4 is 10.5 Å². The molecule has 0 aliphatic heterocycles. The number of anilines is 1. The van der Waals surface area contributed by atoms with E-state index < -0.39 is 11.6 Å². The molecule has 0 bridgehead atoms. The Morgan fingerprint density at radius 2 is 1.90 bits per heavy atom. The maximum absolute atomic E-state index is 14.1. The van der Waals surface area contributed by atoms with E-state index in [1.54, 1.807) is 6.07 Å². The SMILES string of the molecule is COc1cccc(F)c1-c1nc(N)c2ccc(F)cc2n1. The van der Waals surface area contributed by atoms with E-state index in [1.165, 1.54) is 37.4 Å². The zero-order valence-electron chi connectivity index (χ0n) is 11.1. The minimum Gasteiger partial charge on any atom is -0.496 e. The van der Waals surface area contributed by atoms with Gasteiger partial charge < -0.3 is 10.5 Å². The molecular weight excluding hydrogens is 276 g/mol. The van der Waals surface area contributed by atoms with Crippen LogP contribution in [0.4, 0.5) is 14.6 Å². The number of aromatic nitrogens is 2. The smallest absolute Gasteiger partial charge is 0.168 e. The van der Waals surface area contributed by atoms with Crippen molar-refractivity contribution in [3.05, 3.63) is 48.0 Å². The Morgan fingerprint density at radius 1 is 1.10 bits per heavy atom. The summed E-state index contributed by atoms with van der Waals surface area (Å²) < 4.78 is 32.5. The standard InChI is InChI=1S/C15H11F2N3O/c1-21-12-4-2-3-10(17)13(12)15-19-11-7-8(16)5-6-9(11)14(18)20-15/h2-7H,1H3,(H2,18,19,20). The number of ether oxygens (including phenoxy) is 1. The first-order chi connectivity index (χ1) is 10.1. The molecule has 3 aromatic rings. The van der Waals surface area contributed by atoms with Gasteiger partial charge in [-0.2, -0.15) is 0 Å². The zero-order chi connectivity index (χ0) is 15.0. The molecule has 0 spiro atoms. The van der Waals surface area contributed by atoms with Gasteiger partial charge in [0, 0.05) is 11.5 Å². The Balaban J connectivity index is 2.31. The van der Waals surface area contributed by atoms with Gasteiger partial charge in [-0.05, 0) is 24.3 Å². The molecule has 0 amide bonds. The van der Waals surface area contributed by atoms with E-state index in [9.17, 15) is 8.78 Å². The Labute approximate surface area is 119 Å². The van der Waals surface area contributed by atoms with Gasteiger partial charge in [-0.3, -0.25) is 0 Å². The van der Waals surface area contributed by atoms with Gasteiger partial charge in [0.25, 0.3) is 0 Å². The molecule has 0 aliphatic carbocycles. The van der Waals surface area contributed by atoms with E-state index >= 15 is 0 Å². The lowest BCUT2D eigenvalue weighted by atomic mass is 10.1. The molecule has 3 rings (SSSR count). The lowest BCUT2D eigenvalue weighted by Crippen LogP contribution is -2.01. The second-order valence-corrected chi connectivity index (χ2v) is 4.41. The quantitative estimate of drug-likeness (QED) is 0.786. The highest BCUT2D eigenvalue weighted by molar-refractivity contribution is 5.89. The first-order valence-electron chi connectivity index (χ1n) is 6.16. The van der Waals surface area contributed by atoms with Gasteiger partial charge in [-0.1, -0.05) is 6.07 Å². The van der Waals surface area contributed by atoms with E-state index in [0.29, 0.717) is 10.9 Å². The van der Waals surface area contributed by atoms with Crippen molar-refractivity contribution in [2.24, 2.45) is 0 Å². The van der Waals surface area contributed by atoms with Crippen molar-refractivity contribution in [3.8, 4) is 17.1 Å². The summed E-state index contributed by atoms with van der Waals surface area (Å²) in [5, 5.41) is 0.510. The van der Waals surface area contributed by atoms with Gasteiger partial charge in [-0.25, -0.2) is 18.7 Å². The summed E-state index contributed by atoms with van der Waals surface area (Å²) in [6.45, 7) is 0. The summed E-state index contributed by atoms with van der Waals surface area (Å²) in [4.78, 5) is 8.28. The van der Waals surface area contributed by atoms with Crippen molar-refractivity contribution in [2.75, 3.05) is 12.8 Å². The Kier molecular flexibility index (Phi) is 3.13. The second kappa shape index (κ2) is 4.97. The van der Waals surface area contributed by atoms with Crippen LogP contribution in [0.15, 0.2) is 36.4 Å². The van der Waals surface area contributed by atoms with Crippen molar-refractivity contribution >= 4 is 16.7 Å².